The van der Waals surface area contributed by atoms with Gasteiger partial charge in [0.2, 0.25) is 11.8 Å². The highest BCUT2D eigenvalue weighted by molar-refractivity contribution is 5.86. The van der Waals surface area contributed by atoms with E-state index >= 15 is 0 Å². The minimum Gasteiger partial charge on any atom is -0.342 e. The second-order valence-electron chi connectivity index (χ2n) is 8.33. The Morgan fingerprint density at radius 3 is 2.66 bits per heavy atom. The van der Waals surface area contributed by atoms with Crippen LogP contribution in [0.15, 0.2) is 54.7 Å². The van der Waals surface area contributed by atoms with Crippen molar-refractivity contribution in [3.63, 3.8) is 0 Å². The lowest BCUT2D eigenvalue weighted by Gasteiger charge is -2.39. The first-order valence-electron chi connectivity index (χ1n) is 10.7. The molecule has 0 radical (unpaired) electrons. The number of likely N-dealkylation sites (tertiary alicyclic amines) is 2. The summed E-state index contributed by atoms with van der Waals surface area (Å²) in [4.78, 5) is 34.2. The Kier molecular flexibility index (Phi) is 5.93. The Bertz CT molecular complexity index is 840. The molecule has 3 heterocycles. The molecule has 1 aromatic heterocycles. The zero-order valence-corrected chi connectivity index (χ0v) is 16.9. The van der Waals surface area contributed by atoms with Crippen molar-refractivity contribution in [3.05, 3.63) is 66.0 Å². The molecule has 152 valence electrons. The largest absolute Gasteiger partial charge is 0.342 e. The van der Waals surface area contributed by atoms with Crippen molar-refractivity contribution >= 4 is 11.8 Å². The van der Waals surface area contributed by atoms with Gasteiger partial charge in [-0.15, -0.1) is 0 Å². The fraction of sp³-hybridized carbons (Fsp3) is 0.458. The number of pyridine rings is 1. The van der Waals surface area contributed by atoms with Crippen LogP contribution < -0.4 is 0 Å². The molecule has 5 heteroatoms. The van der Waals surface area contributed by atoms with Gasteiger partial charge >= 0.3 is 0 Å². The zero-order valence-electron chi connectivity index (χ0n) is 16.9. The highest BCUT2D eigenvalue weighted by Crippen LogP contribution is 2.40. The summed E-state index contributed by atoms with van der Waals surface area (Å²) < 4.78 is 0. The van der Waals surface area contributed by atoms with Crippen LogP contribution in [0.4, 0.5) is 0 Å². The van der Waals surface area contributed by atoms with E-state index in [0.717, 1.165) is 50.9 Å². The Morgan fingerprint density at radius 1 is 1.03 bits per heavy atom. The normalized spacial score (nSPS) is 21.7. The fourth-order valence-electron chi connectivity index (χ4n) is 4.72. The van der Waals surface area contributed by atoms with Crippen molar-refractivity contribution in [3.8, 4) is 0 Å². The average molecular weight is 392 g/mol. The number of hydrogen-bond donors (Lipinski definition) is 0. The summed E-state index contributed by atoms with van der Waals surface area (Å²) in [6, 6.07) is 16.1. The molecule has 1 spiro atoms. The molecule has 2 aromatic rings. The number of carbonyl (C=O) groups is 2. The summed E-state index contributed by atoms with van der Waals surface area (Å²) >= 11 is 0. The third-order valence-electron chi connectivity index (χ3n) is 6.33. The molecule has 1 atom stereocenters. The van der Waals surface area contributed by atoms with Gasteiger partial charge in [0.25, 0.3) is 0 Å². The topological polar surface area (TPSA) is 53.5 Å². The second kappa shape index (κ2) is 8.76. The van der Waals surface area contributed by atoms with Crippen molar-refractivity contribution < 1.29 is 9.59 Å². The molecular formula is C24H29N3O2. The van der Waals surface area contributed by atoms with E-state index in [2.05, 4.69) is 29.2 Å². The molecule has 2 aliphatic heterocycles. The maximum Gasteiger partial charge on any atom is 0.230 e. The number of piperidine rings is 1. The highest BCUT2D eigenvalue weighted by atomic mass is 16.2. The van der Waals surface area contributed by atoms with E-state index in [-0.39, 0.29) is 17.2 Å². The molecule has 2 aliphatic rings. The minimum absolute atomic E-state index is 0.0783. The van der Waals surface area contributed by atoms with Crippen LogP contribution in [-0.4, -0.2) is 52.8 Å². The van der Waals surface area contributed by atoms with Gasteiger partial charge in [-0.05, 0) is 49.8 Å². The Labute approximate surface area is 172 Å². The average Bonchev–Trinajstić information content (AvgIpc) is 3.18. The van der Waals surface area contributed by atoms with Crippen LogP contribution in [0.25, 0.3) is 0 Å². The van der Waals surface area contributed by atoms with E-state index < -0.39 is 0 Å². The van der Waals surface area contributed by atoms with Gasteiger partial charge < -0.3 is 9.80 Å². The summed E-state index contributed by atoms with van der Waals surface area (Å²) in [6.07, 6.45) is 6.71. The molecule has 2 saturated heterocycles. The summed E-state index contributed by atoms with van der Waals surface area (Å²) in [5.41, 5.74) is 1.74. The smallest absolute Gasteiger partial charge is 0.230 e. The van der Waals surface area contributed by atoms with Crippen molar-refractivity contribution in [1.82, 2.24) is 14.8 Å². The van der Waals surface area contributed by atoms with Gasteiger partial charge in [0.05, 0.1) is 11.8 Å². The molecule has 0 aliphatic carbocycles. The molecule has 1 aromatic carbocycles. The summed E-state index contributed by atoms with van der Waals surface area (Å²) in [6.45, 7) is 2.89. The minimum atomic E-state index is -0.370. The van der Waals surface area contributed by atoms with Crippen LogP contribution in [0.3, 0.4) is 0 Å². The van der Waals surface area contributed by atoms with Gasteiger partial charge in [-0.2, -0.15) is 0 Å². The number of aromatic nitrogens is 1. The number of aryl methyl sites for hydroxylation is 1. The summed E-state index contributed by atoms with van der Waals surface area (Å²) in [5, 5.41) is 0. The van der Waals surface area contributed by atoms with Crippen molar-refractivity contribution in [2.45, 2.75) is 38.5 Å². The summed E-state index contributed by atoms with van der Waals surface area (Å²) in [7, 11) is 0. The van der Waals surface area contributed by atoms with Crippen molar-refractivity contribution in [2.75, 3.05) is 26.2 Å². The van der Waals surface area contributed by atoms with E-state index in [1.165, 1.54) is 5.56 Å². The molecule has 29 heavy (non-hydrogen) atoms. The molecule has 0 N–H and O–H groups in total. The predicted octanol–water partition coefficient (Wildman–Crippen LogP) is 3.10. The Morgan fingerprint density at radius 2 is 1.86 bits per heavy atom. The van der Waals surface area contributed by atoms with Crippen LogP contribution in [0.1, 0.15) is 36.9 Å². The van der Waals surface area contributed by atoms with Crippen molar-refractivity contribution in [1.29, 1.82) is 0 Å². The van der Waals surface area contributed by atoms with Crippen LogP contribution in [0, 0.1) is 5.41 Å². The molecule has 0 saturated carbocycles. The molecule has 4 rings (SSSR count). The van der Waals surface area contributed by atoms with E-state index in [4.69, 9.17) is 0 Å². The molecule has 1 unspecified atom stereocenters. The van der Waals surface area contributed by atoms with Crippen LogP contribution in [-0.2, 0) is 22.4 Å². The van der Waals surface area contributed by atoms with Gasteiger partial charge in [-0.1, -0.05) is 36.4 Å². The standard InChI is InChI=1S/C24H29N3O2/c28-22(18-21-11-4-5-14-25-21)27-17-13-24(19-27)12-7-16-26(23(24)29)15-6-10-20-8-2-1-3-9-20/h1-5,8-9,11,14H,6-7,10,12-13,15-19H2. The van der Waals surface area contributed by atoms with E-state index in [9.17, 15) is 9.59 Å². The van der Waals surface area contributed by atoms with Crippen LogP contribution >= 0.6 is 0 Å². The van der Waals surface area contributed by atoms with Crippen LogP contribution in [0.2, 0.25) is 0 Å². The quantitative estimate of drug-likeness (QED) is 0.760. The predicted molar refractivity (Wildman–Crippen MR) is 112 cm³/mol. The van der Waals surface area contributed by atoms with Crippen LogP contribution in [0.5, 0.6) is 0 Å². The number of rotatable bonds is 6. The maximum absolute atomic E-state index is 13.3. The second-order valence-corrected chi connectivity index (χ2v) is 8.33. The maximum atomic E-state index is 13.3. The zero-order chi connectivity index (χ0) is 20.1. The first-order valence-corrected chi connectivity index (χ1v) is 10.7. The van der Waals surface area contributed by atoms with Gasteiger partial charge in [-0.3, -0.25) is 14.6 Å². The lowest BCUT2D eigenvalue weighted by atomic mass is 9.78. The molecule has 0 bridgehead atoms. The number of carbonyl (C=O) groups excluding carboxylic acids is 2. The molecule has 2 amide bonds. The number of nitrogens with zero attached hydrogens (tertiary/aromatic N) is 3. The third-order valence-corrected chi connectivity index (χ3v) is 6.33. The monoisotopic (exact) mass is 391 g/mol. The highest BCUT2D eigenvalue weighted by Gasteiger charge is 2.49. The number of amides is 2. The lowest BCUT2D eigenvalue weighted by molar-refractivity contribution is -0.146. The molecule has 2 fully saturated rings. The van der Waals surface area contributed by atoms with E-state index in [1.54, 1.807) is 6.20 Å². The van der Waals surface area contributed by atoms with Gasteiger partial charge in [0, 0.05) is 38.1 Å². The van der Waals surface area contributed by atoms with Gasteiger partial charge in [0.1, 0.15) is 0 Å². The summed E-state index contributed by atoms with van der Waals surface area (Å²) in [5.74, 6) is 0.333. The Balaban J connectivity index is 1.33. The van der Waals surface area contributed by atoms with E-state index in [1.807, 2.05) is 34.1 Å². The number of hydrogen-bond acceptors (Lipinski definition) is 3. The lowest BCUT2D eigenvalue weighted by Crippen LogP contribution is -2.50. The SMILES string of the molecule is O=C(Cc1ccccn1)N1CCC2(CCCN(CCCc3ccccc3)C2=O)C1. The third kappa shape index (κ3) is 4.50. The molecular weight excluding hydrogens is 362 g/mol. The van der Waals surface area contributed by atoms with Gasteiger partial charge in [-0.25, -0.2) is 0 Å². The van der Waals surface area contributed by atoms with Gasteiger partial charge in [0.15, 0.2) is 0 Å². The first kappa shape index (κ1) is 19.6. The number of benzene rings is 1. The fourth-order valence-corrected chi connectivity index (χ4v) is 4.72. The van der Waals surface area contributed by atoms with Crippen molar-refractivity contribution in [2.24, 2.45) is 5.41 Å². The Hall–Kier alpha value is -2.69. The first-order chi connectivity index (χ1) is 14.2. The molecule has 5 nitrogen and oxygen atoms in total. The van der Waals surface area contributed by atoms with E-state index in [0.29, 0.717) is 19.5 Å².